The number of benzene rings is 3. The Hall–Kier alpha value is -3.20. The Morgan fingerprint density at radius 3 is 2.06 bits per heavy atom. The van der Waals surface area contributed by atoms with Crippen LogP contribution in [0.25, 0.3) is 21.8 Å². The predicted molar refractivity (Wildman–Crippen MR) is 136 cm³/mol. The molecule has 34 heavy (non-hydrogen) atoms. The van der Waals surface area contributed by atoms with Crippen molar-refractivity contribution < 1.29 is 13.2 Å². The monoisotopic (exact) mass is 497 g/mol. The molecule has 0 spiro atoms. The van der Waals surface area contributed by atoms with Crippen molar-refractivity contribution in [2.24, 2.45) is 0 Å². The summed E-state index contributed by atoms with van der Waals surface area (Å²) in [6.45, 7) is 4.09. The van der Waals surface area contributed by atoms with Crippen LogP contribution in [0.2, 0.25) is 5.02 Å². The van der Waals surface area contributed by atoms with Crippen molar-refractivity contribution >= 4 is 55.0 Å². The SMILES string of the molecule is CCN(CC)S(=O)(=O)c1ccc(Cl)c(NC(=O)Cn2c3ccccc3c(=O)c3ccccc32)c1. The lowest BCUT2D eigenvalue weighted by Crippen LogP contribution is -2.30. The fourth-order valence-corrected chi connectivity index (χ4v) is 5.70. The summed E-state index contributed by atoms with van der Waals surface area (Å²) in [5, 5.41) is 3.99. The van der Waals surface area contributed by atoms with E-state index in [1.54, 1.807) is 54.8 Å². The number of hydrogen-bond donors (Lipinski definition) is 1. The summed E-state index contributed by atoms with van der Waals surface area (Å²) in [4.78, 5) is 26.0. The number of pyridine rings is 1. The fraction of sp³-hybridized carbons (Fsp3) is 0.200. The quantitative estimate of drug-likeness (QED) is 0.381. The van der Waals surface area contributed by atoms with Gasteiger partial charge in [-0.3, -0.25) is 9.59 Å². The number of carbonyl (C=O) groups is 1. The maximum atomic E-state index is 13.1. The summed E-state index contributed by atoms with van der Waals surface area (Å²) in [6, 6.07) is 18.5. The Balaban J connectivity index is 1.72. The molecule has 0 radical (unpaired) electrons. The topological polar surface area (TPSA) is 88.5 Å². The molecule has 1 N–H and O–H groups in total. The Labute approximate surface area is 202 Å². The minimum atomic E-state index is -3.71. The van der Waals surface area contributed by atoms with Gasteiger partial charge in [-0.15, -0.1) is 0 Å². The highest BCUT2D eigenvalue weighted by Crippen LogP contribution is 2.27. The van der Waals surface area contributed by atoms with E-state index in [2.05, 4.69) is 5.32 Å². The molecule has 1 aromatic heterocycles. The van der Waals surface area contributed by atoms with Crippen LogP contribution in [0.1, 0.15) is 13.8 Å². The molecule has 1 amide bonds. The van der Waals surface area contributed by atoms with Crippen LogP contribution in [0, 0.1) is 0 Å². The number of aromatic nitrogens is 1. The van der Waals surface area contributed by atoms with Crippen LogP contribution in [0.4, 0.5) is 5.69 Å². The highest BCUT2D eigenvalue weighted by Gasteiger charge is 2.23. The predicted octanol–water partition coefficient (Wildman–Crippen LogP) is 4.48. The highest BCUT2D eigenvalue weighted by atomic mass is 35.5. The lowest BCUT2D eigenvalue weighted by molar-refractivity contribution is -0.116. The maximum Gasteiger partial charge on any atom is 0.244 e. The number of nitrogens with one attached hydrogen (secondary N) is 1. The maximum absolute atomic E-state index is 13.1. The molecule has 0 unspecified atom stereocenters. The van der Waals surface area contributed by atoms with E-state index in [9.17, 15) is 18.0 Å². The van der Waals surface area contributed by atoms with Gasteiger partial charge in [0.05, 0.1) is 26.6 Å². The van der Waals surface area contributed by atoms with Gasteiger partial charge in [-0.25, -0.2) is 8.42 Å². The van der Waals surface area contributed by atoms with Gasteiger partial charge >= 0.3 is 0 Å². The summed E-state index contributed by atoms with van der Waals surface area (Å²) in [6.07, 6.45) is 0. The lowest BCUT2D eigenvalue weighted by Gasteiger charge is -2.19. The van der Waals surface area contributed by atoms with Crippen LogP contribution in [-0.4, -0.2) is 36.3 Å². The largest absolute Gasteiger partial charge is 0.331 e. The van der Waals surface area contributed by atoms with Gasteiger partial charge in [0.1, 0.15) is 6.54 Å². The number of carbonyl (C=O) groups excluding carboxylic acids is 1. The zero-order valence-corrected chi connectivity index (χ0v) is 20.4. The molecule has 7 nitrogen and oxygen atoms in total. The third kappa shape index (κ3) is 4.32. The van der Waals surface area contributed by atoms with Crippen LogP contribution < -0.4 is 10.7 Å². The van der Waals surface area contributed by atoms with E-state index in [-0.39, 0.29) is 27.6 Å². The summed E-state index contributed by atoms with van der Waals surface area (Å²) in [7, 11) is -3.71. The van der Waals surface area contributed by atoms with Gasteiger partial charge in [0, 0.05) is 23.9 Å². The molecular weight excluding hydrogens is 474 g/mol. The van der Waals surface area contributed by atoms with Crippen molar-refractivity contribution in [3.05, 3.63) is 82.0 Å². The molecule has 0 bridgehead atoms. The van der Waals surface area contributed by atoms with Gasteiger partial charge in [0.2, 0.25) is 15.9 Å². The molecule has 0 aliphatic carbocycles. The molecule has 0 fully saturated rings. The summed E-state index contributed by atoms with van der Waals surface area (Å²) < 4.78 is 28.9. The molecule has 9 heteroatoms. The van der Waals surface area contributed by atoms with Crippen molar-refractivity contribution in [2.45, 2.75) is 25.3 Å². The number of halogens is 1. The van der Waals surface area contributed by atoms with Crippen LogP contribution in [0.5, 0.6) is 0 Å². The van der Waals surface area contributed by atoms with Gasteiger partial charge in [0.25, 0.3) is 0 Å². The van der Waals surface area contributed by atoms with Crippen molar-refractivity contribution in [3.63, 3.8) is 0 Å². The molecule has 176 valence electrons. The number of amides is 1. The Kier molecular flexibility index (Phi) is 6.74. The first kappa shape index (κ1) is 23.9. The first-order chi connectivity index (χ1) is 16.3. The molecule has 1 heterocycles. The zero-order chi connectivity index (χ0) is 24.5. The summed E-state index contributed by atoms with van der Waals surface area (Å²) in [5.74, 6) is -0.404. The number of hydrogen-bond acceptors (Lipinski definition) is 4. The molecule has 0 saturated carbocycles. The van der Waals surface area contributed by atoms with E-state index in [1.807, 2.05) is 12.1 Å². The first-order valence-electron chi connectivity index (χ1n) is 10.9. The van der Waals surface area contributed by atoms with E-state index in [0.29, 0.717) is 34.9 Å². The average Bonchev–Trinajstić information content (AvgIpc) is 2.83. The van der Waals surface area contributed by atoms with Gasteiger partial charge in [-0.1, -0.05) is 49.7 Å². The molecule has 4 aromatic rings. The zero-order valence-electron chi connectivity index (χ0n) is 18.8. The van der Waals surface area contributed by atoms with Crippen LogP contribution in [-0.2, 0) is 21.4 Å². The summed E-state index contributed by atoms with van der Waals surface area (Å²) >= 11 is 6.28. The smallest absolute Gasteiger partial charge is 0.244 e. The van der Waals surface area contributed by atoms with Gasteiger partial charge in [-0.05, 0) is 42.5 Å². The Morgan fingerprint density at radius 2 is 1.50 bits per heavy atom. The van der Waals surface area contributed by atoms with Crippen molar-refractivity contribution in [3.8, 4) is 0 Å². The number of fused-ring (bicyclic) bond motifs is 2. The number of anilines is 1. The summed E-state index contributed by atoms with van der Waals surface area (Å²) in [5.41, 5.74) is 1.37. The minimum absolute atomic E-state index is 0.0511. The molecule has 0 aliphatic rings. The molecule has 3 aromatic carbocycles. The second-order valence-electron chi connectivity index (χ2n) is 7.73. The first-order valence-corrected chi connectivity index (χ1v) is 12.7. The third-order valence-electron chi connectivity index (χ3n) is 5.74. The Bertz CT molecular complexity index is 1500. The average molecular weight is 498 g/mol. The standard InChI is InChI=1S/C25H24ClN3O4S/c1-3-28(4-2)34(32,33)17-13-14-20(26)21(15-17)27-24(30)16-29-22-11-7-5-9-18(22)25(31)19-10-6-8-12-23(19)29/h5-15H,3-4,16H2,1-2H3,(H,27,30). The normalized spacial score (nSPS) is 11.9. The number of rotatable bonds is 7. The Morgan fingerprint density at radius 1 is 0.941 bits per heavy atom. The highest BCUT2D eigenvalue weighted by molar-refractivity contribution is 7.89. The second-order valence-corrected chi connectivity index (χ2v) is 10.1. The van der Waals surface area contributed by atoms with Crippen LogP contribution in [0.3, 0.4) is 0 Å². The molecule has 0 saturated heterocycles. The van der Waals surface area contributed by atoms with E-state index in [1.165, 1.54) is 22.5 Å². The van der Waals surface area contributed by atoms with Crippen LogP contribution in [0.15, 0.2) is 76.4 Å². The molecule has 0 aliphatic heterocycles. The van der Waals surface area contributed by atoms with Crippen molar-refractivity contribution in [2.75, 3.05) is 18.4 Å². The van der Waals surface area contributed by atoms with E-state index in [0.717, 1.165) is 0 Å². The van der Waals surface area contributed by atoms with E-state index in [4.69, 9.17) is 11.6 Å². The van der Waals surface area contributed by atoms with Gasteiger partial charge in [0.15, 0.2) is 5.43 Å². The second kappa shape index (κ2) is 9.58. The van der Waals surface area contributed by atoms with Crippen LogP contribution >= 0.6 is 11.6 Å². The lowest BCUT2D eigenvalue weighted by atomic mass is 10.1. The molecule has 4 rings (SSSR count). The molecule has 0 atom stereocenters. The van der Waals surface area contributed by atoms with E-state index < -0.39 is 15.9 Å². The fourth-order valence-electron chi connectivity index (χ4n) is 4.05. The molecular formula is C25H24ClN3O4S. The van der Waals surface area contributed by atoms with Gasteiger partial charge in [-0.2, -0.15) is 4.31 Å². The van der Waals surface area contributed by atoms with Gasteiger partial charge < -0.3 is 9.88 Å². The number of nitrogens with zero attached hydrogens (tertiary/aromatic N) is 2. The third-order valence-corrected chi connectivity index (χ3v) is 8.11. The number of para-hydroxylation sites is 2. The van der Waals surface area contributed by atoms with Crippen molar-refractivity contribution in [1.29, 1.82) is 0 Å². The van der Waals surface area contributed by atoms with E-state index >= 15 is 0 Å². The number of sulfonamides is 1. The van der Waals surface area contributed by atoms with Crippen molar-refractivity contribution in [1.82, 2.24) is 8.87 Å². The minimum Gasteiger partial charge on any atom is -0.331 e.